The van der Waals surface area contributed by atoms with Crippen molar-refractivity contribution in [2.45, 2.75) is 13.0 Å². The van der Waals surface area contributed by atoms with Crippen LogP contribution in [0.5, 0.6) is 5.75 Å². The van der Waals surface area contributed by atoms with E-state index in [4.69, 9.17) is 4.74 Å². The Labute approximate surface area is 138 Å². The lowest BCUT2D eigenvalue weighted by atomic mass is 10.0. The molecule has 1 amide bonds. The highest BCUT2D eigenvalue weighted by Crippen LogP contribution is 2.29. The maximum atomic E-state index is 12.8. The van der Waals surface area contributed by atoms with Gasteiger partial charge >= 0.3 is 0 Å². The highest BCUT2D eigenvalue weighted by molar-refractivity contribution is 5.95. The van der Waals surface area contributed by atoms with Crippen LogP contribution in [0.4, 0.5) is 5.69 Å². The van der Waals surface area contributed by atoms with Crippen molar-refractivity contribution in [3.63, 3.8) is 0 Å². The molecule has 4 nitrogen and oxygen atoms in total. The number of carbonyl (C=O) groups excluding carboxylic acids is 1. The molecule has 2 aromatic rings. The summed E-state index contributed by atoms with van der Waals surface area (Å²) in [6.45, 7) is 2.01. The van der Waals surface area contributed by atoms with Crippen molar-refractivity contribution >= 4 is 11.6 Å². The topological polar surface area (TPSA) is 32.8 Å². The van der Waals surface area contributed by atoms with Gasteiger partial charge in [-0.1, -0.05) is 24.3 Å². The zero-order valence-corrected chi connectivity index (χ0v) is 14.4. The van der Waals surface area contributed by atoms with Crippen molar-refractivity contribution in [1.82, 2.24) is 4.90 Å². The van der Waals surface area contributed by atoms with Gasteiger partial charge in [-0.2, -0.15) is 0 Å². The highest BCUT2D eigenvalue weighted by atomic mass is 16.5. The number of para-hydroxylation sites is 1. The molecule has 4 heteroatoms. The third-order valence-corrected chi connectivity index (χ3v) is 4.10. The summed E-state index contributed by atoms with van der Waals surface area (Å²) in [4.78, 5) is 16.5. The van der Waals surface area contributed by atoms with Crippen LogP contribution in [0.2, 0.25) is 0 Å². The standard InChI is InChI=1S/C19H24N2O2/c1-14(17-11-6-7-12-18(17)23-5)21(4)19(22)15-9-8-10-16(13-15)20(2)3/h6-14H,1-5H3. The molecule has 0 saturated carbocycles. The number of anilines is 1. The Morgan fingerprint density at radius 1 is 1.04 bits per heavy atom. The Bertz CT molecular complexity index is 683. The summed E-state index contributed by atoms with van der Waals surface area (Å²) in [5.74, 6) is 0.786. The van der Waals surface area contributed by atoms with Crippen LogP contribution in [0.3, 0.4) is 0 Å². The lowest BCUT2D eigenvalue weighted by Gasteiger charge is -2.27. The van der Waals surface area contributed by atoms with Crippen LogP contribution in [-0.2, 0) is 0 Å². The van der Waals surface area contributed by atoms with Crippen molar-refractivity contribution in [2.75, 3.05) is 33.2 Å². The highest BCUT2D eigenvalue weighted by Gasteiger charge is 2.21. The first-order chi connectivity index (χ1) is 11.0. The molecule has 2 rings (SSSR count). The summed E-state index contributed by atoms with van der Waals surface area (Å²) in [5.41, 5.74) is 2.68. The molecular formula is C19H24N2O2. The molecule has 0 bridgehead atoms. The van der Waals surface area contributed by atoms with E-state index in [1.165, 1.54) is 0 Å². The Morgan fingerprint density at radius 3 is 2.39 bits per heavy atom. The Morgan fingerprint density at radius 2 is 1.74 bits per heavy atom. The average Bonchev–Trinajstić information content (AvgIpc) is 2.59. The van der Waals surface area contributed by atoms with Crippen molar-refractivity contribution in [1.29, 1.82) is 0 Å². The van der Waals surface area contributed by atoms with Crippen molar-refractivity contribution < 1.29 is 9.53 Å². The molecule has 1 atom stereocenters. The summed E-state index contributed by atoms with van der Waals surface area (Å²) >= 11 is 0. The second-order valence-electron chi connectivity index (χ2n) is 5.78. The van der Waals surface area contributed by atoms with Crippen LogP contribution in [0.1, 0.15) is 28.9 Å². The normalized spacial score (nSPS) is 11.7. The van der Waals surface area contributed by atoms with E-state index in [0.717, 1.165) is 17.0 Å². The molecule has 122 valence electrons. The van der Waals surface area contributed by atoms with Gasteiger partial charge in [0, 0.05) is 38.0 Å². The number of carbonyl (C=O) groups is 1. The maximum absolute atomic E-state index is 12.8. The van der Waals surface area contributed by atoms with E-state index in [9.17, 15) is 4.79 Å². The molecule has 0 aliphatic carbocycles. The fourth-order valence-electron chi connectivity index (χ4n) is 2.52. The Hall–Kier alpha value is -2.49. The van der Waals surface area contributed by atoms with Gasteiger partial charge in [-0.05, 0) is 31.2 Å². The van der Waals surface area contributed by atoms with Gasteiger partial charge in [0.15, 0.2) is 0 Å². The molecular weight excluding hydrogens is 288 g/mol. The van der Waals surface area contributed by atoms with E-state index < -0.39 is 0 Å². The van der Waals surface area contributed by atoms with Crippen molar-refractivity contribution in [3.05, 3.63) is 59.7 Å². The van der Waals surface area contributed by atoms with Gasteiger partial charge in [-0.15, -0.1) is 0 Å². The van der Waals surface area contributed by atoms with Gasteiger partial charge < -0.3 is 14.5 Å². The molecule has 0 fully saturated rings. The fourth-order valence-corrected chi connectivity index (χ4v) is 2.52. The second kappa shape index (κ2) is 7.18. The summed E-state index contributed by atoms with van der Waals surface area (Å²) in [6.07, 6.45) is 0. The van der Waals surface area contributed by atoms with E-state index in [2.05, 4.69) is 0 Å². The number of hydrogen-bond donors (Lipinski definition) is 0. The van der Waals surface area contributed by atoms with E-state index in [1.54, 1.807) is 12.0 Å². The van der Waals surface area contributed by atoms with Gasteiger partial charge in [0.05, 0.1) is 13.2 Å². The van der Waals surface area contributed by atoms with Crippen molar-refractivity contribution in [3.8, 4) is 5.75 Å². The monoisotopic (exact) mass is 312 g/mol. The maximum Gasteiger partial charge on any atom is 0.254 e. The van der Waals surface area contributed by atoms with Crippen LogP contribution in [0.15, 0.2) is 48.5 Å². The Balaban J connectivity index is 2.27. The van der Waals surface area contributed by atoms with Gasteiger partial charge in [0.1, 0.15) is 5.75 Å². The van der Waals surface area contributed by atoms with Crippen LogP contribution < -0.4 is 9.64 Å². The summed E-state index contributed by atoms with van der Waals surface area (Å²) in [5, 5.41) is 0. The molecule has 0 aliphatic heterocycles. The molecule has 0 spiro atoms. The van der Waals surface area contributed by atoms with Crippen LogP contribution in [0.25, 0.3) is 0 Å². The SMILES string of the molecule is COc1ccccc1C(C)N(C)C(=O)c1cccc(N(C)C)c1. The predicted molar refractivity (Wildman–Crippen MR) is 94.3 cm³/mol. The number of rotatable bonds is 5. The molecule has 0 saturated heterocycles. The smallest absolute Gasteiger partial charge is 0.254 e. The van der Waals surface area contributed by atoms with E-state index in [1.807, 2.05) is 81.5 Å². The minimum Gasteiger partial charge on any atom is -0.496 e. The van der Waals surface area contributed by atoms with E-state index >= 15 is 0 Å². The first-order valence-electron chi connectivity index (χ1n) is 7.63. The van der Waals surface area contributed by atoms with Crippen LogP contribution in [-0.4, -0.2) is 39.1 Å². The molecule has 0 aliphatic rings. The van der Waals surface area contributed by atoms with Gasteiger partial charge in [-0.3, -0.25) is 4.79 Å². The third-order valence-electron chi connectivity index (χ3n) is 4.10. The number of amides is 1. The number of nitrogens with zero attached hydrogens (tertiary/aromatic N) is 2. The molecule has 0 N–H and O–H groups in total. The van der Waals surface area contributed by atoms with Gasteiger partial charge in [-0.25, -0.2) is 0 Å². The fraction of sp³-hybridized carbons (Fsp3) is 0.316. The zero-order valence-electron chi connectivity index (χ0n) is 14.4. The summed E-state index contributed by atoms with van der Waals surface area (Å²) < 4.78 is 5.41. The molecule has 2 aromatic carbocycles. The van der Waals surface area contributed by atoms with Crippen molar-refractivity contribution in [2.24, 2.45) is 0 Å². The first-order valence-corrected chi connectivity index (χ1v) is 7.63. The molecule has 0 aromatic heterocycles. The number of ether oxygens (including phenoxy) is 1. The largest absolute Gasteiger partial charge is 0.496 e. The third kappa shape index (κ3) is 3.65. The summed E-state index contributed by atoms with van der Waals surface area (Å²) in [6, 6.07) is 15.4. The lowest BCUT2D eigenvalue weighted by molar-refractivity contribution is 0.0741. The predicted octanol–water partition coefficient (Wildman–Crippen LogP) is 3.59. The molecule has 1 unspecified atom stereocenters. The van der Waals surface area contributed by atoms with E-state index in [0.29, 0.717) is 5.56 Å². The van der Waals surface area contributed by atoms with Gasteiger partial charge in [0.25, 0.3) is 5.91 Å². The number of methoxy groups -OCH3 is 1. The van der Waals surface area contributed by atoms with Crippen LogP contribution >= 0.6 is 0 Å². The Kier molecular flexibility index (Phi) is 5.27. The minimum atomic E-state index is -0.0818. The number of benzene rings is 2. The zero-order chi connectivity index (χ0) is 17.0. The van der Waals surface area contributed by atoms with Gasteiger partial charge in [0.2, 0.25) is 0 Å². The average molecular weight is 312 g/mol. The van der Waals surface area contributed by atoms with Crippen LogP contribution in [0, 0.1) is 0 Å². The lowest BCUT2D eigenvalue weighted by Crippen LogP contribution is -2.30. The molecule has 0 radical (unpaired) electrons. The van der Waals surface area contributed by atoms with E-state index in [-0.39, 0.29) is 11.9 Å². The minimum absolute atomic E-state index is 0.00731. The quantitative estimate of drug-likeness (QED) is 0.846. The first kappa shape index (κ1) is 16.9. The second-order valence-corrected chi connectivity index (χ2v) is 5.78. The summed E-state index contributed by atoms with van der Waals surface area (Å²) in [7, 11) is 7.39. The molecule has 23 heavy (non-hydrogen) atoms. The molecule has 0 heterocycles. The number of hydrogen-bond acceptors (Lipinski definition) is 3.